The molecule has 1 unspecified atom stereocenters. The molecule has 2 rings (SSSR count). The van der Waals surface area contributed by atoms with Crippen LogP contribution in [0, 0.1) is 6.92 Å². The Morgan fingerprint density at radius 1 is 1.17 bits per heavy atom. The predicted octanol–water partition coefficient (Wildman–Crippen LogP) is 4.53. The third-order valence-electron chi connectivity index (χ3n) is 2.87. The van der Waals surface area contributed by atoms with E-state index in [4.69, 9.17) is 11.6 Å². The van der Waals surface area contributed by atoms with Crippen LogP contribution in [0.2, 0.25) is 5.02 Å². The van der Waals surface area contributed by atoms with E-state index in [1.165, 1.54) is 11.1 Å². The fourth-order valence-corrected chi connectivity index (χ4v) is 2.05. The Kier molecular flexibility index (Phi) is 3.78. The number of halogens is 1. The van der Waals surface area contributed by atoms with Crippen LogP contribution in [0.25, 0.3) is 0 Å². The highest BCUT2D eigenvalue weighted by molar-refractivity contribution is 6.32. The highest BCUT2D eigenvalue weighted by Crippen LogP contribution is 2.28. The third kappa shape index (κ3) is 2.96. The van der Waals surface area contributed by atoms with Gasteiger partial charge in [-0.3, -0.25) is 0 Å². The van der Waals surface area contributed by atoms with Gasteiger partial charge in [0.2, 0.25) is 0 Å². The Morgan fingerprint density at radius 3 is 2.61 bits per heavy atom. The molecule has 0 saturated heterocycles. The van der Waals surface area contributed by atoms with E-state index in [1.807, 2.05) is 12.1 Å². The van der Waals surface area contributed by atoms with E-state index in [2.05, 4.69) is 37.4 Å². The van der Waals surface area contributed by atoms with Crippen molar-refractivity contribution in [3.63, 3.8) is 0 Å². The lowest BCUT2D eigenvalue weighted by molar-refractivity contribution is 0.475. The number of hydrogen-bond donors (Lipinski definition) is 2. The number of aryl methyl sites for hydroxylation is 1. The van der Waals surface area contributed by atoms with Crippen LogP contribution in [0.15, 0.2) is 42.5 Å². The van der Waals surface area contributed by atoms with Crippen molar-refractivity contribution in [3.8, 4) is 5.75 Å². The third-order valence-corrected chi connectivity index (χ3v) is 3.18. The molecule has 0 aliphatic heterocycles. The second kappa shape index (κ2) is 5.32. The van der Waals surface area contributed by atoms with Gasteiger partial charge in [-0.1, -0.05) is 41.4 Å². The lowest BCUT2D eigenvalue weighted by Crippen LogP contribution is -2.06. The number of phenolic OH excluding ortho intramolecular Hbond substituents is 1. The Morgan fingerprint density at radius 2 is 1.94 bits per heavy atom. The van der Waals surface area contributed by atoms with Gasteiger partial charge in [0.15, 0.2) is 0 Å². The van der Waals surface area contributed by atoms with Gasteiger partial charge in [-0.25, -0.2) is 0 Å². The van der Waals surface area contributed by atoms with Crippen LogP contribution in [0.3, 0.4) is 0 Å². The zero-order valence-electron chi connectivity index (χ0n) is 10.4. The first-order valence-electron chi connectivity index (χ1n) is 5.88. The Hall–Kier alpha value is -1.67. The number of anilines is 1. The van der Waals surface area contributed by atoms with E-state index in [-0.39, 0.29) is 11.8 Å². The first kappa shape index (κ1) is 12.8. The summed E-state index contributed by atoms with van der Waals surface area (Å²) in [5, 5.41) is 13.1. The molecular formula is C15H16ClNO. The lowest BCUT2D eigenvalue weighted by atomic mass is 10.1. The van der Waals surface area contributed by atoms with Gasteiger partial charge in [0.05, 0.1) is 5.02 Å². The first-order chi connectivity index (χ1) is 8.56. The van der Waals surface area contributed by atoms with Gasteiger partial charge in [0.25, 0.3) is 0 Å². The molecule has 0 aromatic heterocycles. The van der Waals surface area contributed by atoms with Crippen molar-refractivity contribution in [1.29, 1.82) is 0 Å². The average Bonchev–Trinajstić information content (AvgIpc) is 2.34. The van der Waals surface area contributed by atoms with E-state index in [9.17, 15) is 5.11 Å². The van der Waals surface area contributed by atoms with Crippen molar-refractivity contribution in [3.05, 3.63) is 58.6 Å². The van der Waals surface area contributed by atoms with E-state index >= 15 is 0 Å². The molecule has 0 aliphatic carbocycles. The normalized spacial score (nSPS) is 12.2. The number of hydrogen-bond acceptors (Lipinski definition) is 2. The summed E-state index contributed by atoms with van der Waals surface area (Å²) in [5.74, 6) is 0.102. The summed E-state index contributed by atoms with van der Waals surface area (Å²) < 4.78 is 0. The average molecular weight is 262 g/mol. The van der Waals surface area contributed by atoms with Gasteiger partial charge in [0, 0.05) is 11.7 Å². The maximum atomic E-state index is 9.37. The van der Waals surface area contributed by atoms with Crippen LogP contribution in [-0.4, -0.2) is 5.11 Å². The molecule has 1 atom stereocenters. The molecule has 94 valence electrons. The Labute approximate surface area is 112 Å². The summed E-state index contributed by atoms with van der Waals surface area (Å²) >= 11 is 5.88. The first-order valence-corrected chi connectivity index (χ1v) is 6.25. The highest BCUT2D eigenvalue weighted by atomic mass is 35.5. The fourth-order valence-electron chi connectivity index (χ4n) is 1.87. The van der Waals surface area contributed by atoms with Crippen LogP contribution < -0.4 is 5.32 Å². The topological polar surface area (TPSA) is 32.3 Å². The van der Waals surface area contributed by atoms with E-state index < -0.39 is 0 Å². The van der Waals surface area contributed by atoms with Gasteiger partial charge >= 0.3 is 0 Å². The minimum absolute atomic E-state index is 0.102. The van der Waals surface area contributed by atoms with Crippen molar-refractivity contribution in [2.45, 2.75) is 19.9 Å². The summed E-state index contributed by atoms with van der Waals surface area (Å²) in [6.07, 6.45) is 0. The molecular weight excluding hydrogens is 246 g/mol. The predicted molar refractivity (Wildman–Crippen MR) is 76.3 cm³/mol. The summed E-state index contributed by atoms with van der Waals surface area (Å²) in [6.45, 7) is 4.17. The van der Waals surface area contributed by atoms with Crippen LogP contribution in [0.1, 0.15) is 24.1 Å². The Balaban J connectivity index is 2.16. The number of nitrogens with one attached hydrogen (secondary N) is 1. The minimum Gasteiger partial charge on any atom is -0.506 e. The molecule has 2 aromatic rings. The van der Waals surface area contributed by atoms with Crippen molar-refractivity contribution in [1.82, 2.24) is 0 Å². The molecule has 0 radical (unpaired) electrons. The zero-order valence-corrected chi connectivity index (χ0v) is 11.2. The van der Waals surface area contributed by atoms with Crippen LogP contribution in [-0.2, 0) is 0 Å². The Bertz CT molecular complexity index is 554. The SMILES string of the molecule is Cc1cccc(C(C)Nc2ccc(O)c(Cl)c2)c1. The summed E-state index contributed by atoms with van der Waals surface area (Å²) in [6, 6.07) is 13.7. The van der Waals surface area contributed by atoms with Gasteiger partial charge in [-0.2, -0.15) is 0 Å². The van der Waals surface area contributed by atoms with Crippen molar-refractivity contribution in [2.24, 2.45) is 0 Å². The number of phenols is 1. The standard InChI is InChI=1S/C15H16ClNO/c1-10-4-3-5-12(8-10)11(2)17-13-6-7-15(18)14(16)9-13/h3-9,11,17-18H,1-2H3. The summed E-state index contributed by atoms with van der Waals surface area (Å²) in [4.78, 5) is 0. The van der Waals surface area contributed by atoms with Gasteiger partial charge in [-0.05, 0) is 37.6 Å². The van der Waals surface area contributed by atoms with Crippen molar-refractivity contribution in [2.75, 3.05) is 5.32 Å². The molecule has 0 aliphatic rings. The molecule has 2 aromatic carbocycles. The fraction of sp³-hybridized carbons (Fsp3) is 0.200. The van der Waals surface area contributed by atoms with E-state index in [0.29, 0.717) is 5.02 Å². The second-order valence-electron chi connectivity index (χ2n) is 4.45. The molecule has 3 heteroatoms. The lowest BCUT2D eigenvalue weighted by Gasteiger charge is -2.16. The van der Waals surface area contributed by atoms with E-state index in [0.717, 1.165) is 5.69 Å². The smallest absolute Gasteiger partial charge is 0.134 e. The van der Waals surface area contributed by atoms with Crippen LogP contribution in [0.5, 0.6) is 5.75 Å². The van der Waals surface area contributed by atoms with Gasteiger partial charge < -0.3 is 10.4 Å². The largest absolute Gasteiger partial charge is 0.506 e. The molecule has 0 amide bonds. The van der Waals surface area contributed by atoms with Gasteiger partial charge in [-0.15, -0.1) is 0 Å². The zero-order chi connectivity index (χ0) is 13.1. The molecule has 2 N–H and O–H groups in total. The second-order valence-corrected chi connectivity index (χ2v) is 4.85. The molecule has 0 heterocycles. The van der Waals surface area contributed by atoms with Crippen LogP contribution in [0.4, 0.5) is 5.69 Å². The van der Waals surface area contributed by atoms with Crippen molar-refractivity contribution < 1.29 is 5.11 Å². The molecule has 0 saturated carbocycles. The number of aromatic hydroxyl groups is 1. The minimum atomic E-state index is 0.102. The highest BCUT2D eigenvalue weighted by Gasteiger charge is 2.06. The maximum Gasteiger partial charge on any atom is 0.134 e. The molecule has 2 nitrogen and oxygen atoms in total. The van der Waals surface area contributed by atoms with E-state index in [1.54, 1.807) is 12.1 Å². The molecule has 0 bridgehead atoms. The number of rotatable bonds is 3. The maximum absolute atomic E-state index is 9.37. The quantitative estimate of drug-likeness (QED) is 0.796. The molecule has 18 heavy (non-hydrogen) atoms. The van der Waals surface area contributed by atoms with Crippen LogP contribution >= 0.6 is 11.6 Å². The monoisotopic (exact) mass is 261 g/mol. The van der Waals surface area contributed by atoms with Crippen molar-refractivity contribution >= 4 is 17.3 Å². The summed E-state index contributed by atoms with van der Waals surface area (Å²) in [5.41, 5.74) is 3.36. The molecule has 0 fully saturated rings. The van der Waals surface area contributed by atoms with Gasteiger partial charge in [0.1, 0.15) is 5.75 Å². The summed E-state index contributed by atoms with van der Waals surface area (Å²) in [7, 11) is 0. The molecule has 0 spiro atoms. The number of benzene rings is 2.